The predicted octanol–water partition coefficient (Wildman–Crippen LogP) is 5.44. The number of nitrogens with one attached hydrogen (secondary N) is 3. The molecule has 0 aliphatic heterocycles. The molecule has 11 heteroatoms. The van der Waals surface area contributed by atoms with Gasteiger partial charge in [0.25, 0.3) is 11.8 Å². The van der Waals surface area contributed by atoms with Crippen molar-refractivity contribution in [2.75, 3.05) is 10.6 Å². The van der Waals surface area contributed by atoms with Gasteiger partial charge in [-0.05, 0) is 82.7 Å². The summed E-state index contributed by atoms with van der Waals surface area (Å²) in [5.74, 6) is -1.05. The van der Waals surface area contributed by atoms with Gasteiger partial charge in [-0.25, -0.2) is 0 Å². The first-order chi connectivity index (χ1) is 14.6. The third-order valence-corrected chi connectivity index (χ3v) is 4.51. The highest BCUT2D eigenvalue weighted by atomic mass is 79.9. The Labute approximate surface area is 187 Å². The maximum absolute atomic E-state index is 12.8. The lowest BCUT2D eigenvalue weighted by molar-refractivity contribution is -0.137. The van der Waals surface area contributed by atoms with Gasteiger partial charge in [0.15, 0.2) is 15.5 Å². The molecule has 0 saturated carbocycles. The van der Waals surface area contributed by atoms with Crippen LogP contribution in [0.5, 0.6) is 0 Å². The Morgan fingerprint density at radius 1 is 0.903 bits per heavy atom. The number of amides is 2. The summed E-state index contributed by atoms with van der Waals surface area (Å²) in [6, 6.07) is 13.4. The average Bonchev–Trinajstić information content (AvgIpc) is 3.14. The summed E-state index contributed by atoms with van der Waals surface area (Å²) >= 11 is 8.16. The van der Waals surface area contributed by atoms with Crippen LogP contribution in [0.1, 0.15) is 26.5 Å². The molecule has 0 spiro atoms. The molecule has 1 aromatic heterocycles. The van der Waals surface area contributed by atoms with E-state index in [1.165, 1.54) is 42.5 Å². The smallest absolute Gasteiger partial charge is 0.416 e. The third-order valence-electron chi connectivity index (χ3n) is 3.88. The Balaban J connectivity index is 1.59. The molecular weight excluding hydrogens is 499 g/mol. The van der Waals surface area contributed by atoms with Gasteiger partial charge >= 0.3 is 6.18 Å². The molecule has 1 heterocycles. The summed E-state index contributed by atoms with van der Waals surface area (Å²) in [6.07, 6.45) is -4.50. The number of benzene rings is 2. The molecular formula is C20H13BrF3N3O3S. The van der Waals surface area contributed by atoms with Gasteiger partial charge in [-0.15, -0.1) is 0 Å². The molecule has 0 saturated heterocycles. The quantitative estimate of drug-likeness (QED) is 0.406. The van der Waals surface area contributed by atoms with Crippen LogP contribution in [0.15, 0.2) is 69.8 Å². The molecule has 0 atom stereocenters. The standard InChI is InChI=1S/C20H13BrF3N3O3S/c21-16-9-8-15(30-16)18(29)27-19(31)26-13-6-4-11(5-7-13)17(28)25-14-3-1-2-12(10-14)20(22,23)24/h1-10H,(H,25,28)(H2,26,27,29,31). The van der Waals surface area contributed by atoms with Gasteiger partial charge in [0.1, 0.15) is 0 Å². The van der Waals surface area contributed by atoms with Gasteiger partial charge in [-0.3, -0.25) is 14.9 Å². The molecule has 2 amide bonds. The van der Waals surface area contributed by atoms with Crippen molar-refractivity contribution in [2.45, 2.75) is 6.18 Å². The second-order valence-electron chi connectivity index (χ2n) is 6.12. The number of rotatable bonds is 4. The summed E-state index contributed by atoms with van der Waals surface area (Å²) in [5.41, 5.74) is -0.127. The maximum Gasteiger partial charge on any atom is 0.416 e. The van der Waals surface area contributed by atoms with Crippen molar-refractivity contribution in [1.82, 2.24) is 5.32 Å². The van der Waals surface area contributed by atoms with E-state index in [9.17, 15) is 22.8 Å². The molecule has 160 valence electrons. The summed E-state index contributed by atoms with van der Waals surface area (Å²) < 4.78 is 43.9. The van der Waals surface area contributed by atoms with Gasteiger partial charge in [0, 0.05) is 16.9 Å². The highest BCUT2D eigenvalue weighted by Crippen LogP contribution is 2.30. The highest BCUT2D eigenvalue weighted by molar-refractivity contribution is 9.10. The summed E-state index contributed by atoms with van der Waals surface area (Å²) in [6.45, 7) is 0. The Hall–Kier alpha value is -3.18. The lowest BCUT2D eigenvalue weighted by atomic mass is 10.1. The lowest BCUT2D eigenvalue weighted by Crippen LogP contribution is -2.33. The first kappa shape index (κ1) is 22.5. The lowest BCUT2D eigenvalue weighted by Gasteiger charge is -2.11. The molecule has 0 fully saturated rings. The van der Waals surface area contributed by atoms with Crippen molar-refractivity contribution in [3.05, 3.63) is 82.2 Å². The Kier molecular flexibility index (Phi) is 6.76. The minimum Gasteiger partial charge on any atom is -0.444 e. The van der Waals surface area contributed by atoms with Gasteiger partial charge in [-0.1, -0.05) is 6.07 Å². The van der Waals surface area contributed by atoms with Crippen LogP contribution in [0.25, 0.3) is 0 Å². The van der Waals surface area contributed by atoms with Crippen LogP contribution in [-0.4, -0.2) is 16.9 Å². The van der Waals surface area contributed by atoms with Crippen molar-refractivity contribution >= 4 is 56.4 Å². The van der Waals surface area contributed by atoms with Crippen LogP contribution in [-0.2, 0) is 6.18 Å². The van der Waals surface area contributed by atoms with E-state index in [0.29, 0.717) is 10.4 Å². The van der Waals surface area contributed by atoms with E-state index in [1.54, 1.807) is 6.07 Å². The van der Waals surface area contributed by atoms with Crippen LogP contribution >= 0.6 is 28.1 Å². The van der Waals surface area contributed by atoms with Crippen LogP contribution in [0.4, 0.5) is 24.5 Å². The summed E-state index contributed by atoms with van der Waals surface area (Å²) in [5, 5.41) is 7.65. The van der Waals surface area contributed by atoms with Gasteiger partial charge < -0.3 is 15.1 Å². The molecule has 3 N–H and O–H groups in total. The number of anilines is 2. The van der Waals surface area contributed by atoms with Crippen LogP contribution in [0.3, 0.4) is 0 Å². The Morgan fingerprint density at radius 2 is 1.61 bits per heavy atom. The zero-order valence-corrected chi connectivity index (χ0v) is 17.8. The third kappa shape index (κ3) is 6.15. The van der Waals surface area contributed by atoms with E-state index < -0.39 is 23.6 Å². The fourth-order valence-electron chi connectivity index (χ4n) is 2.44. The highest BCUT2D eigenvalue weighted by Gasteiger charge is 2.30. The molecule has 0 aliphatic rings. The minimum atomic E-state index is -4.50. The molecule has 31 heavy (non-hydrogen) atoms. The number of alkyl halides is 3. The van der Waals surface area contributed by atoms with Crippen LogP contribution in [0, 0.1) is 0 Å². The number of hydrogen-bond donors (Lipinski definition) is 3. The second kappa shape index (κ2) is 9.31. The second-order valence-corrected chi connectivity index (χ2v) is 7.31. The topological polar surface area (TPSA) is 83.4 Å². The average molecular weight is 512 g/mol. The first-order valence-corrected chi connectivity index (χ1v) is 9.78. The molecule has 3 aromatic rings. The summed E-state index contributed by atoms with van der Waals surface area (Å²) in [4.78, 5) is 24.3. The summed E-state index contributed by atoms with van der Waals surface area (Å²) in [7, 11) is 0. The molecule has 0 bridgehead atoms. The van der Waals surface area contributed by atoms with Crippen molar-refractivity contribution in [1.29, 1.82) is 0 Å². The number of carbonyl (C=O) groups excluding carboxylic acids is 2. The van der Waals surface area contributed by atoms with Crippen LogP contribution in [0.2, 0.25) is 0 Å². The molecule has 0 aliphatic carbocycles. The fourth-order valence-corrected chi connectivity index (χ4v) is 2.96. The molecule has 6 nitrogen and oxygen atoms in total. The van der Waals surface area contributed by atoms with Crippen molar-refractivity contribution in [2.24, 2.45) is 0 Å². The zero-order valence-electron chi connectivity index (χ0n) is 15.4. The van der Waals surface area contributed by atoms with E-state index in [1.807, 2.05) is 0 Å². The molecule has 2 aromatic carbocycles. The predicted molar refractivity (Wildman–Crippen MR) is 116 cm³/mol. The SMILES string of the molecule is O=C(Nc1cccc(C(F)(F)F)c1)c1ccc(NC(=S)NC(=O)c2ccc(Br)o2)cc1. The normalized spacial score (nSPS) is 11.0. The Bertz CT molecular complexity index is 1130. The number of thiocarbonyl (C=S) groups is 1. The van der Waals surface area contributed by atoms with E-state index >= 15 is 0 Å². The van der Waals surface area contributed by atoms with Gasteiger partial charge in [-0.2, -0.15) is 13.2 Å². The molecule has 3 rings (SSSR count). The van der Waals surface area contributed by atoms with E-state index in [2.05, 4.69) is 31.9 Å². The van der Waals surface area contributed by atoms with Crippen LogP contribution < -0.4 is 16.0 Å². The van der Waals surface area contributed by atoms with Crippen molar-refractivity contribution < 1.29 is 27.2 Å². The van der Waals surface area contributed by atoms with Gasteiger partial charge in [0.05, 0.1) is 5.56 Å². The molecule has 0 unspecified atom stereocenters. The van der Waals surface area contributed by atoms with E-state index in [4.69, 9.17) is 16.6 Å². The van der Waals surface area contributed by atoms with E-state index in [0.717, 1.165) is 12.1 Å². The number of furan rings is 1. The largest absolute Gasteiger partial charge is 0.444 e. The number of halogens is 4. The minimum absolute atomic E-state index is 0.0127. The number of carbonyl (C=O) groups is 2. The van der Waals surface area contributed by atoms with Crippen molar-refractivity contribution in [3.63, 3.8) is 0 Å². The zero-order chi connectivity index (χ0) is 22.6. The monoisotopic (exact) mass is 511 g/mol. The fraction of sp³-hybridized carbons (Fsp3) is 0.0500. The van der Waals surface area contributed by atoms with E-state index in [-0.39, 0.29) is 22.1 Å². The van der Waals surface area contributed by atoms with Gasteiger partial charge in [0.2, 0.25) is 0 Å². The first-order valence-electron chi connectivity index (χ1n) is 8.58. The number of hydrogen-bond acceptors (Lipinski definition) is 4. The molecule has 0 radical (unpaired) electrons. The maximum atomic E-state index is 12.8. The Morgan fingerprint density at radius 3 is 2.23 bits per heavy atom. The van der Waals surface area contributed by atoms with Crippen molar-refractivity contribution in [3.8, 4) is 0 Å².